The van der Waals surface area contributed by atoms with Crippen LogP contribution in [0.1, 0.15) is 5.56 Å². The van der Waals surface area contributed by atoms with Gasteiger partial charge in [0.2, 0.25) is 0 Å². The molecule has 5 nitrogen and oxygen atoms in total. The normalized spacial score (nSPS) is 10.7. The number of nitrogens with two attached hydrogens (primary N) is 1. The lowest BCUT2D eigenvalue weighted by atomic mass is 10.2. The van der Waals surface area contributed by atoms with Gasteiger partial charge >= 0.3 is 5.69 Å². The summed E-state index contributed by atoms with van der Waals surface area (Å²) in [7, 11) is 1.68. The number of thioether (sulfide) groups is 1. The van der Waals surface area contributed by atoms with Crippen LogP contribution in [0.2, 0.25) is 0 Å². The van der Waals surface area contributed by atoms with Gasteiger partial charge in [0, 0.05) is 23.0 Å². The molecule has 2 rings (SSSR count). The van der Waals surface area contributed by atoms with Gasteiger partial charge in [-0.1, -0.05) is 33.8 Å². The Bertz CT molecular complexity index is 572. The molecule has 1 aromatic heterocycles. The molecule has 0 radical (unpaired) electrons. The minimum absolute atomic E-state index is 0.215. The summed E-state index contributed by atoms with van der Waals surface area (Å²) >= 11 is 4.91. The third-order valence-corrected chi connectivity index (χ3v) is 4.14. The van der Waals surface area contributed by atoms with E-state index < -0.39 is 0 Å². The Hall–Kier alpha value is -1.21. The Morgan fingerprint density at radius 1 is 1.59 bits per heavy atom. The van der Waals surface area contributed by atoms with Gasteiger partial charge in [-0.3, -0.25) is 4.57 Å². The first-order chi connectivity index (χ1) is 8.09. The first-order valence-electron chi connectivity index (χ1n) is 4.86. The number of halogens is 1. The molecule has 0 amide bonds. The van der Waals surface area contributed by atoms with Crippen LogP contribution in [0, 0.1) is 0 Å². The maximum absolute atomic E-state index is 11.2. The number of H-pyrrole nitrogens is 1. The zero-order chi connectivity index (χ0) is 12.4. The minimum atomic E-state index is -0.215. The van der Waals surface area contributed by atoms with Crippen molar-refractivity contribution in [3.63, 3.8) is 0 Å². The van der Waals surface area contributed by atoms with Crippen LogP contribution in [0.3, 0.4) is 0 Å². The molecule has 0 aliphatic heterocycles. The zero-order valence-electron chi connectivity index (χ0n) is 9.11. The Kier molecular flexibility index (Phi) is 3.58. The largest absolute Gasteiger partial charge is 0.398 e. The molecule has 90 valence electrons. The van der Waals surface area contributed by atoms with E-state index in [-0.39, 0.29) is 5.69 Å². The fourth-order valence-electron chi connectivity index (χ4n) is 1.33. The summed E-state index contributed by atoms with van der Waals surface area (Å²) in [5, 5.41) is 6.96. The lowest BCUT2D eigenvalue weighted by molar-refractivity contribution is 0.766. The third-order valence-electron chi connectivity index (χ3n) is 2.34. The van der Waals surface area contributed by atoms with Crippen molar-refractivity contribution in [2.45, 2.75) is 10.9 Å². The number of aromatic amines is 1. The average molecular weight is 315 g/mol. The van der Waals surface area contributed by atoms with Crippen molar-refractivity contribution in [1.29, 1.82) is 0 Å². The number of nitrogens with one attached hydrogen (secondary N) is 1. The number of rotatable bonds is 3. The lowest BCUT2D eigenvalue weighted by Crippen LogP contribution is -2.12. The van der Waals surface area contributed by atoms with Gasteiger partial charge < -0.3 is 5.73 Å². The Balaban J connectivity index is 2.18. The van der Waals surface area contributed by atoms with E-state index in [1.54, 1.807) is 7.05 Å². The number of nitrogen functional groups attached to an aromatic ring is 1. The number of benzene rings is 1. The van der Waals surface area contributed by atoms with Crippen LogP contribution in [-0.4, -0.2) is 14.8 Å². The first kappa shape index (κ1) is 12.3. The van der Waals surface area contributed by atoms with Crippen molar-refractivity contribution in [3.8, 4) is 0 Å². The Morgan fingerprint density at radius 3 is 2.94 bits per heavy atom. The SMILES string of the molecule is Cn1c(SCc2c(N)cccc2Br)n[nH]c1=O. The summed E-state index contributed by atoms with van der Waals surface area (Å²) in [6.07, 6.45) is 0. The summed E-state index contributed by atoms with van der Waals surface area (Å²) in [5.41, 5.74) is 7.41. The number of nitrogens with zero attached hydrogens (tertiary/aromatic N) is 2. The number of hydrogen-bond acceptors (Lipinski definition) is 4. The van der Waals surface area contributed by atoms with Gasteiger partial charge in [-0.15, -0.1) is 5.10 Å². The van der Waals surface area contributed by atoms with Gasteiger partial charge in [-0.2, -0.15) is 0 Å². The summed E-state index contributed by atoms with van der Waals surface area (Å²) in [6, 6.07) is 5.68. The van der Waals surface area contributed by atoms with Crippen molar-refractivity contribution in [3.05, 3.63) is 38.7 Å². The van der Waals surface area contributed by atoms with Crippen LogP contribution in [0.5, 0.6) is 0 Å². The molecule has 0 atom stereocenters. The van der Waals surface area contributed by atoms with Crippen molar-refractivity contribution in [2.24, 2.45) is 7.05 Å². The van der Waals surface area contributed by atoms with Crippen molar-refractivity contribution < 1.29 is 0 Å². The summed E-state index contributed by atoms with van der Waals surface area (Å²) in [4.78, 5) is 11.2. The molecule has 0 saturated heterocycles. The molecule has 1 heterocycles. The number of anilines is 1. The lowest BCUT2D eigenvalue weighted by Gasteiger charge is -2.06. The van der Waals surface area contributed by atoms with Crippen LogP contribution in [0.25, 0.3) is 0 Å². The van der Waals surface area contributed by atoms with E-state index in [0.29, 0.717) is 10.9 Å². The Morgan fingerprint density at radius 2 is 2.35 bits per heavy atom. The van der Waals surface area contributed by atoms with Gasteiger partial charge in [-0.05, 0) is 17.7 Å². The maximum Gasteiger partial charge on any atom is 0.343 e. The highest BCUT2D eigenvalue weighted by atomic mass is 79.9. The van der Waals surface area contributed by atoms with E-state index in [2.05, 4.69) is 26.1 Å². The van der Waals surface area contributed by atoms with Crippen molar-refractivity contribution in [1.82, 2.24) is 14.8 Å². The van der Waals surface area contributed by atoms with Crippen molar-refractivity contribution >= 4 is 33.4 Å². The van der Waals surface area contributed by atoms with Gasteiger partial charge in [0.05, 0.1) is 0 Å². The zero-order valence-corrected chi connectivity index (χ0v) is 11.5. The molecule has 0 fully saturated rings. The summed E-state index contributed by atoms with van der Waals surface area (Å²) < 4.78 is 2.43. The third kappa shape index (κ3) is 2.55. The van der Waals surface area contributed by atoms with E-state index in [0.717, 1.165) is 15.7 Å². The van der Waals surface area contributed by atoms with Crippen LogP contribution in [0.15, 0.2) is 32.6 Å². The molecule has 0 aliphatic rings. The summed E-state index contributed by atoms with van der Waals surface area (Å²) in [6.45, 7) is 0. The number of hydrogen-bond donors (Lipinski definition) is 2. The van der Waals surface area contributed by atoms with Crippen LogP contribution < -0.4 is 11.4 Å². The predicted octanol–water partition coefficient (Wildman–Crippen LogP) is 1.75. The quantitative estimate of drug-likeness (QED) is 0.668. The highest BCUT2D eigenvalue weighted by molar-refractivity contribution is 9.10. The molecule has 1 aromatic carbocycles. The smallest absolute Gasteiger partial charge is 0.343 e. The molecule has 0 saturated carbocycles. The van der Waals surface area contributed by atoms with E-state index >= 15 is 0 Å². The predicted molar refractivity (Wildman–Crippen MR) is 71.9 cm³/mol. The molecular formula is C10H11BrN4OS. The molecule has 0 unspecified atom stereocenters. The van der Waals surface area contributed by atoms with E-state index in [1.807, 2.05) is 18.2 Å². The molecule has 0 aliphatic carbocycles. The first-order valence-corrected chi connectivity index (χ1v) is 6.64. The van der Waals surface area contributed by atoms with Gasteiger partial charge in [0.15, 0.2) is 5.16 Å². The monoisotopic (exact) mass is 314 g/mol. The molecule has 0 spiro atoms. The fraction of sp³-hybridized carbons (Fsp3) is 0.200. The van der Waals surface area contributed by atoms with Gasteiger partial charge in [0.1, 0.15) is 0 Å². The highest BCUT2D eigenvalue weighted by Gasteiger charge is 2.08. The maximum atomic E-state index is 11.2. The minimum Gasteiger partial charge on any atom is -0.398 e. The van der Waals surface area contributed by atoms with Crippen LogP contribution in [-0.2, 0) is 12.8 Å². The van der Waals surface area contributed by atoms with Crippen LogP contribution >= 0.6 is 27.7 Å². The molecule has 17 heavy (non-hydrogen) atoms. The molecular weight excluding hydrogens is 304 g/mol. The second-order valence-corrected chi connectivity index (χ2v) is 5.26. The van der Waals surface area contributed by atoms with Gasteiger partial charge in [0.25, 0.3) is 0 Å². The second-order valence-electron chi connectivity index (χ2n) is 3.47. The Labute approximate surface area is 111 Å². The second kappa shape index (κ2) is 4.97. The standard InChI is InChI=1S/C10H11BrN4OS/c1-15-9(16)13-14-10(15)17-5-6-7(11)3-2-4-8(6)12/h2-4H,5,12H2,1H3,(H,13,16). The van der Waals surface area contributed by atoms with E-state index in [4.69, 9.17) is 5.73 Å². The molecule has 2 aromatic rings. The van der Waals surface area contributed by atoms with E-state index in [9.17, 15) is 4.79 Å². The summed E-state index contributed by atoms with van der Waals surface area (Å²) in [5.74, 6) is 0.658. The van der Waals surface area contributed by atoms with E-state index in [1.165, 1.54) is 16.3 Å². The fourth-order valence-corrected chi connectivity index (χ4v) is 3.02. The van der Waals surface area contributed by atoms with Gasteiger partial charge in [-0.25, -0.2) is 9.89 Å². The molecule has 3 N–H and O–H groups in total. The molecule has 7 heteroatoms. The highest BCUT2D eigenvalue weighted by Crippen LogP contribution is 2.29. The topological polar surface area (TPSA) is 76.7 Å². The number of aromatic nitrogens is 3. The molecule has 0 bridgehead atoms. The average Bonchev–Trinajstić information content (AvgIpc) is 2.60. The van der Waals surface area contributed by atoms with Crippen molar-refractivity contribution in [2.75, 3.05) is 5.73 Å². The van der Waals surface area contributed by atoms with Crippen LogP contribution in [0.4, 0.5) is 5.69 Å².